The number of carbonyl (C=O) groups is 1. The van der Waals surface area contributed by atoms with Crippen molar-refractivity contribution in [2.24, 2.45) is 5.92 Å². The number of nitrogens with one attached hydrogen (secondary N) is 1. The average Bonchev–Trinajstić information content (AvgIpc) is 3.24. The van der Waals surface area contributed by atoms with Gasteiger partial charge in [-0.2, -0.15) is 0 Å². The summed E-state index contributed by atoms with van der Waals surface area (Å²) < 4.78 is 8.58. The number of rotatable bonds is 12. The molecule has 0 radical (unpaired) electrons. The highest BCUT2D eigenvalue weighted by molar-refractivity contribution is 5.98. The molecule has 2 heterocycles. The molecule has 200 valence electrons. The number of aryl methyl sites for hydroxylation is 1. The number of hydrogen-bond acceptors (Lipinski definition) is 3. The van der Waals surface area contributed by atoms with E-state index in [0.717, 1.165) is 24.2 Å². The van der Waals surface area contributed by atoms with Gasteiger partial charge >= 0.3 is 0 Å². The summed E-state index contributed by atoms with van der Waals surface area (Å²) in [6.07, 6.45) is 10.8. The predicted octanol–water partition coefficient (Wildman–Crippen LogP) is 6.72. The molecule has 0 spiro atoms. The molecule has 2 aromatic carbocycles. The van der Waals surface area contributed by atoms with E-state index in [4.69, 9.17) is 4.74 Å². The fourth-order valence-electron chi connectivity index (χ4n) is 5.79. The van der Waals surface area contributed by atoms with E-state index >= 15 is 0 Å². The largest absolute Gasteiger partial charge is 0.375 e. The molecule has 5 nitrogen and oxygen atoms in total. The van der Waals surface area contributed by atoms with Gasteiger partial charge in [-0.15, -0.1) is 0 Å². The van der Waals surface area contributed by atoms with Gasteiger partial charge in [0, 0.05) is 30.9 Å². The molecule has 5 heteroatoms. The quantitative estimate of drug-likeness (QED) is 0.279. The van der Waals surface area contributed by atoms with Crippen molar-refractivity contribution in [3.05, 3.63) is 65.9 Å². The third kappa shape index (κ3) is 6.75. The van der Waals surface area contributed by atoms with Crippen LogP contribution >= 0.6 is 0 Å². The van der Waals surface area contributed by atoms with E-state index in [9.17, 15) is 4.79 Å². The van der Waals surface area contributed by atoms with E-state index in [1.54, 1.807) is 0 Å². The molecule has 37 heavy (non-hydrogen) atoms. The molecule has 0 fully saturated rings. The third-order valence-corrected chi connectivity index (χ3v) is 7.66. The van der Waals surface area contributed by atoms with Crippen LogP contribution in [0.5, 0.6) is 0 Å². The van der Waals surface area contributed by atoms with E-state index in [2.05, 4.69) is 79.1 Å². The van der Waals surface area contributed by atoms with Crippen molar-refractivity contribution in [2.45, 2.75) is 91.0 Å². The molecule has 0 unspecified atom stereocenters. The fourth-order valence-corrected chi connectivity index (χ4v) is 5.79. The highest BCUT2D eigenvalue weighted by Gasteiger charge is 2.32. The second-order valence-corrected chi connectivity index (χ2v) is 11.0. The van der Waals surface area contributed by atoms with Crippen molar-refractivity contribution in [3.63, 3.8) is 0 Å². The lowest BCUT2D eigenvalue weighted by atomic mass is 10.0. The molecule has 4 rings (SSSR count). The topological polar surface area (TPSA) is 46.5 Å². The van der Waals surface area contributed by atoms with Gasteiger partial charge < -0.3 is 19.5 Å². The van der Waals surface area contributed by atoms with E-state index < -0.39 is 0 Å². The Morgan fingerprint density at radius 2 is 1.76 bits per heavy atom. The summed E-state index contributed by atoms with van der Waals surface area (Å²) in [5.74, 6) is 0.255. The number of ether oxygens (including phenoxy) is 1. The molecule has 2 atom stereocenters. The summed E-state index contributed by atoms with van der Waals surface area (Å²) in [4.78, 5) is 15.7. The lowest BCUT2D eigenvalue weighted by molar-refractivity contribution is -0.124. The van der Waals surface area contributed by atoms with Crippen LogP contribution in [0.15, 0.2) is 54.7 Å². The van der Waals surface area contributed by atoms with Crippen molar-refractivity contribution >= 4 is 22.5 Å². The van der Waals surface area contributed by atoms with Crippen LogP contribution in [0.3, 0.4) is 0 Å². The van der Waals surface area contributed by atoms with Crippen molar-refractivity contribution < 1.29 is 9.53 Å². The van der Waals surface area contributed by atoms with Gasteiger partial charge in [0.2, 0.25) is 5.91 Å². The number of carbonyl (C=O) groups excluding carboxylic acids is 1. The number of aromatic nitrogens is 1. The maximum atomic E-state index is 13.5. The van der Waals surface area contributed by atoms with Crippen LogP contribution in [0.1, 0.15) is 70.4 Å². The van der Waals surface area contributed by atoms with Crippen molar-refractivity contribution in [3.8, 4) is 0 Å². The second-order valence-electron chi connectivity index (χ2n) is 11.0. The molecule has 0 saturated heterocycles. The predicted molar refractivity (Wildman–Crippen MR) is 154 cm³/mol. The maximum Gasteiger partial charge on any atom is 0.243 e. The number of benzene rings is 2. The molecule has 3 aromatic rings. The first kappa shape index (κ1) is 27.3. The Labute approximate surface area is 223 Å². The Morgan fingerprint density at radius 1 is 1.00 bits per heavy atom. The van der Waals surface area contributed by atoms with Gasteiger partial charge in [0.15, 0.2) is 0 Å². The molecule has 0 aliphatic carbocycles. The monoisotopic (exact) mass is 503 g/mol. The molecule has 1 aliphatic heterocycles. The van der Waals surface area contributed by atoms with Crippen molar-refractivity contribution in [1.29, 1.82) is 0 Å². The zero-order valence-electron chi connectivity index (χ0n) is 23.2. The molecule has 1 amide bonds. The Balaban J connectivity index is 1.60. The van der Waals surface area contributed by atoms with Crippen LogP contribution in [-0.4, -0.2) is 36.2 Å². The molecule has 1 N–H and O–H groups in total. The summed E-state index contributed by atoms with van der Waals surface area (Å²) in [5, 5.41) is 4.63. The van der Waals surface area contributed by atoms with Crippen molar-refractivity contribution in [2.75, 3.05) is 18.6 Å². The van der Waals surface area contributed by atoms with E-state index in [0.29, 0.717) is 13.2 Å². The number of amides is 1. The van der Waals surface area contributed by atoms with Crippen LogP contribution in [0.2, 0.25) is 0 Å². The standard InChI is InChI=1S/C32H45N3O2/c1-5-6-7-8-9-13-19-35-21-26-20-27(23-37-22-25-15-11-10-12-16-25)33-32(36)31(24(2)3)34(4)28-17-14-18-29(35)30(26)28/h10-12,14-18,21,24,27,31H,5-9,13,19-20,22-23H2,1-4H3,(H,33,36)/t27-,31-/m0/s1. The van der Waals surface area contributed by atoms with E-state index in [1.807, 2.05) is 18.2 Å². The summed E-state index contributed by atoms with van der Waals surface area (Å²) in [6, 6.07) is 16.5. The van der Waals surface area contributed by atoms with Gasteiger partial charge in [0.1, 0.15) is 6.04 Å². The van der Waals surface area contributed by atoms with Gasteiger partial charge in [-0.25, -0.2) is 0 Å². The smallest absolute Gasteiger partial charge is 0.243 e. The van der Waals surface area contributed by atoms with Crippen LogP contribution in [0, 0.1) is 5.92 Å². The first-order valence-electron chi connectivity index (χ1n) is 14.2. The van der Waals surface area contributed by atoms with Gasteiger partial charge in [-0.05, 0) is 42.0 Å². The highest BCUT2D eigenvalue weighted by Crippen LogP contribution is 2.35. The first-order chi connectivity index (χ1) is 18.0. The fraction of sp³-hybridized carbons (Fsp3) is 0.531. The number of likely N-dealkylation sites (N-methyl/N-ethyl adjacent to an activating group) is 1. The number of nitrogens with zero attached hydrogens (tertiary/aromatic N) is 2. The van der Waals surface area contributed by atoms with Crippen LogP contribution in [0.4, 0.5) is 5.69 Å². The SMILES string of the molecule is CCCCCCCCn1cc2c3c(cccc31)N(C)[C@@H](C(C)C)C(=O)N[C@H](COCc1ccccc1)C2. The minimum absolute atomic E-state index is 0.0768. The van der Waals surface area contributed by atoms with Gasteiger partial charge in [0.25, 0.3) is 0 Å². The Kier molecular flexibility index (Phi) is 9.68. The molecular weight excluding hydrogens is 458 g/mol. The summed E-state index contributed by atoms with van der Waals surface area (Å²) in [6.45, 7) is 8.59. The maximum absolute atomic E-state index is 13.5. The lowest BCUT2D eigenvalue weighted by Crippen LogP contribution is -2.52. The first-order valence-corrected chi connectivity index (χ1v) is 14.2. The Bertz CT molecular complexity index is 1140. The number of unbranched alkanes of at least 4 members (excludes halogenated alkanes) is 5. The summed E-state index contributed by atoms with van der Waals surface area (Å²) in [7, 11) is 2.07. The van der Waals surface area contributed by atoms with Crippen LogP contribution in [-0.2, 0) is 29.1 Å². The second kappa shape index (κ2) is 13.1. The minimum Gasteiger partial charge on any atom is -0.375 e. The minimum atomic E-state index is -0.241. The van der Waals surface area contributed by atoms with Gasteiger partial charge in [0.05, 0.1) is 24.8 Å². The third-order valence-electron chi connectivity index (χ3n) is 7.66. The summed E-state index contributed by atoms with van der Waals surface area (Å²) in [5.41, 5.74) is 4.86. The number of anilines is 1. The summed E-state index contributed by atoms with van der Waals surface area (Å²) >= 11 is 0. The Morgan fingerprint density at radius 3 is 2.51 bits per heavy atom. The average molecular weight is 504 g/mol. The normalized spacial score (nSPS) is 18.1. The van der Waals surface area contributed by atoms with Crippen LogP contribution in [0.25, 0.3) is 10.9 Å². The van der Waals surface area contributed by atoms with E-state index in [-0.39, 0.29) is 23.9 Å². The van der Waals surface area contributed by atoms with Crippen molar-refractivity contribution in [1.82, 2.24) is 9.88 Å². The van der Waals surface area contributed by atoms with Gasteiger partial charge in [-0.3, -0.25) is 4.79 Å². The van der Waals surface area contributed by atoms with Crippen LogP contribution < -0.4 is 10.2 Å². The zero-order chi connectivity index (χ0) is 26.2. The lowest BCUT2D eigenvalue weighted by Gasteiger charge is -2.32. The zero-order valence-corrected chi connectivity index (χ0v) is 23.2. The molecular formula is C32H45N3O2. The van der Waals surface area contributed by atoms with E-state index in [1.165, 1.54) is 55.0 Å². The number of hydrogen-bond donors (Lipinski definition) is 1. The van der Waals surface area contributed by atoms with Gasteiger partial charge in [-0.1, -0.05) is 89.3 Å². The molecule has 1 aromatic heterocycles. The Hall–Kier alpha value is -2.79. The molecule has 0 saturated carbocycles. The molecule has 1 aliphatic rings. The molecule has 0 bridgehead atoms. The highest BCUT2D eigenvalue weighted by atomic mass is 16.5.